The fourth-order valence-electron chi connectivity index (χ4n) is 1.02. The van der Waals surface area contributed by atoms with Gasteiger partial charge in [-0.2, -0.15) is 5.10 Å². The van der Waals surface area contributed by atoms with Gasteiger partial charge in [-0.15, -0.1) is 0 Å². The molecule has 0 aliphatic heterocycles. The number of aromatic amines is 1. The molecule has 0 aliphatic rings. The zero-order valence-corrected chi connectivity index (χ0v) is 7.24. The van der Waals surface area contributed by atoms with Crippen LogP contribution in [0.3, 0.4) is 0 Å². The van der Waals surface area contributed by atoms with Gasteiger partial charge < -0.3 is 9.84 Å². The van der Waals surface area contributed by atoms with Crippen LogP contribution >= 0.6 is 0 Å². The average molecular weight is 178 g/mol. The first-order valence-corrected chi connectivity index (χ1v) is 4.00. The Labute approximate surface area is 75.1 Å². The third-order valence-corrected chi connectivity index (χ3v) is 1.65. The van der Waals surface area contributed by atoms with Crippen molar-refractivity contribution >= 4 is 5.82 Å². The van der Waals surface area contributed by atoms with E-state index in [1.165, 1.54) is 0 Å². The minimum Gasteiger partial charge on any atom is -0.362 e. The maximum atomic E-state index is 4.90. The smallest absolute Gasteiger partial charge is 0.169 e. The monoisotopic (exact) mass is 178 g/mol. The Kier molecular flexibility index (Phi) is 1.99. The van der Waals surface area contributed by atoms with E-state index < -0.39 is 0 Å². The Morgan fingerprint density at radius 3 is 3.15 bits per heavy atom. The maximum Gasteiger partial charge on any atom is 0.169 e. The summed E-state index contributed by atoms with van der Waals surface area (Å²) in [6.07, 6.45) is 1.71. The summed E-state index contributed by atoms with van der Waals surface area (Å²) in [7, 11) is 0. The number of hydrogen-bond acceptors (Lipinski definition) is 4. The first-order valence-electron chi connectivity index (χ1n) is 4.00. The predicted molar refractivity (Wildman–Crippen MR) is 47.2 cm³/mol. The summed E-state index contributed by atoms with van der Waals surface area (Å²) < 4.78 is 4.90. The Morgan fingerprint density at radius 2 is 2.54 bits per heavy atom. The minimum atomic E-state index is 0.673. The molecule has 2 rings (SSSR count). The average Bonchev–Trinajstić information content (AvgIpc) is 2.71. The van der Waals surface area contributed by atoms with Gasteiger partial charge in [-0.3, -0.25) is 5.10 Å². The van der Waals surface area contributed by atoms with Crippen LogP contribution in [0.4, 0.5) is 5.82 Å². The Morgan fingerprint density at radius 1 is 1.62 bits per heavy atom. The lowest BCUT2D eigenvalue weighted by Gasteiger charge is -1.97. The quantitative estimate of drug-likeness (QED) is 0.743. The van der Waals surface area contributed by atoms with Crippen LogP contribution in [0.1, 0.15) is 11.5 Å². The van der Waals surface area contributed by atoms with E-state index in [2.05, 4.69) is 20.7 Å². The van der Waals surface area contributed by atoms with E-state index in [-0.39, 0.29) is 0 Å². The molecule has 0 spiro atoms. The lowest BCUT2D eigenvalue weighted by atomic mass is 10.4. The summed E-state index contributed by atoms with van der Waals surface area (Å²) in [5.74, 6) is 1.54. The van der Waals surface area contributed by atoms with E-state index >= 15 is 0 Å². The molecular formula is C8H10N4O. The maximum absolute atomic E-state index is 4.90. The van der Waals surface area contributed by atoms with Crippen LogP contribution in [-0.2, 0) is 6.54 Å². The number of anilines is 1. The van der Waals surface area contributed by atoms with Crippen LogP contribution < -0.4 is 5.32 Å². The van der Waals surface area contributed by atoms with Crippen LogP contribution in [0, 0.1) is 6.92 Å². The molecule has 0 amide bonds. The summed E-state index contributed by atoms with van der Waals surface area (Å²) in [6.45, 7) is 2.53. The van der Waals surface area contributed by atoms with Gasteiger partial charge in [-0.05, 0) is 13.0 Å². The molecule has 13 heavy (non-hydrogen) atoms. The normalized spacial score (nSPS) is 10.2. The molecule has 0 aromatic carbocycles. The molecule has 68 valence electrons. The number of nitrogens with one attached hydrogen (secondary N) is 2. The number of aromatic nitrogens is 3. The van der Waals surface area contributed by atoms with Crippen molar-refractivity contribution in [2.24, 2.45) is 0 Å². The second kappa shape index (κ2) is 3.30. The molecule has 0 saturated heterocycles. The second-order valence-corrected chi connectivity index (χ2v) is 2.76. The highest BCUT2D eigenvalue weighted by Crippen LogP contribution is 2.07. The van der Waals surface area contributed by atoms with Crippen LogP contribution in [0.25, 0.3) is 0 Å². The van der Waals surface area contributed by atoms with Crippen molar-refractivity contribution in [2.75, 3.05) is 5.32 Å². The summed E-state index contributed by atoms with van der Waals surface area (Å²) >= 11 is 0. The second-order valence-electron chi connectivity index (χ2n) is 2.76. The van der Waals surface area contributed by atoms with Crippen LogP contribution in [0.2, 0.25) is 0 Å². The summed E-state index contributed by atoms with van der Waals surface area (Å²) in [6, 6.07) is 3.75. The molecule has 0 saturated carbocycles. The molecule has 0 fully saturated rings. The van der Waals surface area contributed by atoms with Gasteiger partial charge in [0, 0.05) is 12.3 Å². The fraction of sp³-hybridized carbons (Fsp3) is 0.250. The van der Waals surface area contributed by atoms with E-state index in [1.54, 1.807) is 6.20 Å². The number of rotatable bonds is 3. The van der Waals surface area contributed by atoms with Crippen LogP contribution in [0.5, 0.6) is 0 Å². The Bertz CT molecular complexity index is 365. The Hall–Kier alpha value is -1.78. The molecule has 2 N–H and O–H groups in total. The lowest BCUT2D eigenvalue weighted by Crippen LogP contribution is -1.99. The van der Waals surface area contributed by atoms with E-state index in [0.717, 1.165) is 17.3 Å². The van der Waals surface area contributed by atoms with Gasteiger partial charge >= 0.3 is 0 Å². The third-order valence-electron chi connectivity index (χ3n) is 1.65. The topological polar surface area (TPSA) is 66.7 Å². The fourth-order valence-corrected chi connectivity index (χ4v) is 1.02. The molecule has 2 aromatic heterocycles. The highest BCUT2D eigenvalue weighted by atomic mass is 16.5. The molecule has 5 heteroatoms. The summed E-state index contributed by atoms with van der Waals surface area (Å²) in [5.41, 5.74) is 1.01. The summed E-state index contributed by atoms with van der Waals surface area (Å²) in [4.78, 5) is 0. The zero-order chi connectivity index (χ0) is 9.10. The van der Waals surface area contributed by atoms with Crippen molar-refractivity contribution < 1.29 is 4.52 Å². The molecule has 0 atom stereocenters. The number of nitrogens with zero attached hydrogens (tertiary/aromatic N) is 2. The van der Waals surface area contributed by atoms with Gasteiger partial charge in [0.1, 0.15) is 5.76 Å². The van der Waals surface area contributed by atoms with Crippen LogP contribution in [0.15, 0.2) is 22.9 Å². The lowest BCUT2D eigenvalue weighted by molar-refractivity contribution is 0.399. The van der Waals surface area contributed by atoms with Crippen molar-refractivity contribution in [2.45, 2.75) is 13.5 Å². The molecule has 0 aliphatic carbocycles. The molecular weight excluding hydrogens is 168 g/mol. The van der Waals surface area contributed by atoms with Gasteiger partial charge in [0.25, 0.3) is 0 Å². The molecule has 2 aromatic rings. The number of aryl methyl sites for hydroxylation is 1. The first-order chi connectivity index (χ1) is 6.34. The largest absolute Gasteiger partial charge is 0.362 e. The van der Waals surface area contributed by atoms with Gasteiger partial charge in [0.15, 0.2) is 5.82 Å². The van der Waals surface area contributed by atoms with Gasteiger partial charge in [-0.1, -0.05) is 5.16 Å². The minimum absolute atomic E-state index is 0.673. The van der Waals surface area contributed by atoms with Crippen LogP contribution in [-0.4, -0.2) is 15.4 Å². The SMILES string of the molecule is Cc1cc(NCc2ccn[nH]2)no1. The standard InChI is InChI=1S/C8H10N4O/c1-6-4-8(12-13-6)9-5-7-2-3-10-11-7/h2-4H,5H2,1H3,(H,9,12)(H,10,11). The summed E-state index contributed by atoms with van der Waals surface area (Å²) in [5, 5.41) is 13.6. The third kappa shape index (κ3) is 1.87. The van der Waals surface area contributed by atoms with E-state index in [0.29, 0.717) is 6.54 Å². The van der Waals surface area contributed by atoms with E-state index in [4.69, 9.17) is 4.52 Å². The van der Waals surface area contributed by atoms with Gasteiger partial charge in [0.05, 0.1) is 12.2 Å². The molecule has 0 radical (unpaired) electrons. The number of hydrogen-bond donors (Lipinski definition) is 2. The van der Waals surface area contributed by atoms with E-state index in [1.807, 2.05) is 19.1 Å². The predicted octanol–water partition coefficient (Wildman–Crippen LogP) is 1.32. The molecule has 5 nitrogen and oxygen atoms in total. The van der Waals surface area contributed by atoms with Gasteiger partial charge in [0.2, 0.25) is 0 Å². The van der Waals surface area contributed by atoms with Crippen molar-refractivity contribution in [1.29, 1.82) is 0 Å². The zero-order valence-electron chi connectivity index (χ0n) is 7.24. The molecule has 2 heterocycles. The van der Waals surface area contributed by atoms with Crippen molar-refractivity contribution in [3.05, 3.63) is 29.8 Å². The van der Waals surface area contributed by atoms with Crippen molar-refractivity contribution in [3.8, 4) is 0 Å². The molecule has 0 unspecified atom stereocenters. The molecule has 0 bridgehead atoms. The highest BCUT2D eigenvalue weighted by Gasteiger charge is 1.99. The first kappa shape index (κ1) is 7.85. The van der Waals surface area contributed by atoms with Gasteiger partial charge in [-0.25, -0.2) is 0 Å². The van der Waals surface area contributed by atoms with E-state index in [9.17, 15) is 0 Å². The highest BCUT2D eigenvalue weighted by molar-refractivity contribution is 5.33. The number of H-pyrrole nitrogens is 1. The van der Waals surface area contributed by atoms with Crippen molar-refractivity contribution in [1.82, 2.24) is 15.4 Å². The Balaban J connectivity index is 1.93. The van der Waals surface area contributed by atoms with Crippen molar-refractivity contribution in [3.63, 3.8) is 0 Å².